The Bertz CT molecular complexity index is 425. The molecule has 0 aromatic heterocycles. The average molecular weight is 286 g/mol. The smallest absolute Gasteiger partial charge is 0.387 e. The van der Waals surface area contributed by atoms with Crippen molar-refractivity contribution in [3.63, 3.8) is 0 Å². The molecule has 1 rings (SSSR count). The van der Waals surface area contributed by atoms with E-state index in [1.807, 2.05) is 13.8 Å². The number of hydrogen-bond donors (Lipinski definition) is 2. The van der Waals surface area contributed by atoms with Gasteiger partial charge in [-0.05, 0) is 25.1 Å². The first kappa shape index (κ1) is 16.4. The summed E-state index contributed by atoms with van der Waals surface area (Å²) >= 11 is 0. The van der Waals surface area contributed by atoms with Crippen molar-refractivity contribution in [3.8, 4) is 5.75 Å². The number of carbonyl (C=O) groups excluding carboxylic acids is 1. The monoisotopic (exact) mass is 286 g/mol. The molecule has 0 saturated heterocycles. The van der Waals surface area contributed by atoms with Gasteiger partial charge in [-0.2, -0.15) is 8.78 Å². The number of anilines is 1. The van der Waals surface area contributed by atoms with Crippen molar-refractivity contribution >= 4 is 11.6 Å². The van der Waals surface area contributed by atoms with Gasteiger partial charge >= 0.3 is 6.61 Å². The first-order valence-corrected chi connectivity index (χ1v) is 6.56. The average Bonchev–Trinajstić information content (AvgIpc) is 2.36. The minimum absolute atomic E-state index is 0.0313. The predicted molar refractivity (Wildman–Crippen MR) is 74.1 cm³/mol. The number of hydrogen-bond acceptors (Lipinski definition) is 3. The lowest BCUT2D eigenvalue weighted by Crippen LogP contribution is -2.24. The van der Waals surface area contributed by atoms with Gasteiger partial charge in [0, 0.05) is 12.5 Å². The topological polar surface area (TPSA) is 50.4 Å². The molecule has 1 aromatic rings. The molecule has 0 fully saturated rings. The van der Waals surface area contributed by atoms with E-state index >= 15 is 0 Å². The fourth-order valence-corrected chi connectivity index (χ4v) is 1.62. The fourth-order valence-electron chi connectivity index (χ4n) is 1.62. The zero-order valence-electron chi connectivity index (χ0n) is 11.7. The van der Waals surface area contributed by atoms with Crippen LogP contribution < -0.4 is 15.4 Å². The SMILES string of the molecule is CC(C)NCCCC(=O)Nc1ccccc1OC(F)F. The molecule has 0 unspecified atom stereocenters. The molecular formula is C14H20F2N2O2. The number of ether oxygens (including phenoxy) is 1. The lowest BCUT2D eigenvalue weighted by atomic mass is 10.2. The molecule has 1 amide bonds. The van der Waals surface area contributed by atoms with Gasteiger partial charge in [0.25, 0.3) is 0 Å². The van der Waals surface area contributed by atoms with Crippen LogP contribution in [0.25, 0.3) is 0 Å². The largest absolute Gasteiger partial charge is 0.433 e. The molecule has 4 nitrogen and oxygen atoms in total. The lowest BCUT2D eigenvalue weighted by molar-refractivity contribution is -0.116. The summed E-state index contributed by atoms with van der Waals surface area (Å²) in [6.45, 7) is 1.87. The molecule has 0 spiro atoms. The second-order valence-electron chi connectivity index (χ2n) is 4.64. The molecule has 0 radical (unpaired) electrons. The minimum atomic E-state index is -2.91. The van der Waals surface area contributed by atoms with Crippen molar-refractivity contribution in [2.45, 2.75) is 39.3 Å². The van der Waals surface area contributed by atoms with Gasteiger partial charge in [0.1, 0.15) is 5.75 Å². The van der Waals surface area contributed by atoms with Crippen LogP contribution in [0, 0.1) is 0 Å². The van der Waals surface area contributed by atoms with Gasteiger partial charge in [-0.3, -0.25) is 4.79 Å². The van der Waals surface area contributed by atoms with Crippen LogP contribution in [-0.4, -0.2) is 25.1 Å². The Morgan fingerprint density at radius 3 is 2.65 bits per heavy atom. The molecule has 0 saturated carbocycles. The van der Waals surface area contributed by atoms with Gasteiger partial charge in [-0.1, -0.05) is 26.0 Å². The highest BCUT2D eigenvalue weighted by Gasteiger charge is 2.11. The molecule has 1 aromatic carbocycles. The van der Waals surface area contributed by atoms with Crippen molar-refractivity contribution in [2.24, 2.45) is 0 Å². The molecular weight excluding hydrogens is 266 g/mol. The molecule has 0 aliphatic rings. The summed E-state index contributed by atoms with van der Waals surface area (Å²) < 4.78 is 28.8. The minimum Gasteiger partial charge on any atom is -0.433 e. The Morgan fingerprint density at radius 1 is 1.30 bits per heavy atom. The lowest BCUT2D eigenvalue weighted by Gasteiger charge is -2.12. The third-order valence-corrected chi connectivity index (χ3v) is 2.51. The zero-order chi connectivity index (χ0) is 15.0. The summed E-state index contributed by atoms with van der Waals surface area (Å²) in [4.78, 5) is 11.7. The van der Waals surface area contributed by atoms with Crippen molar-refractivity contribution < 1.29 is 18.3 Å². The number of nitrogens with one attached hydrogen (secondary N) is 2. The summed E-state index contributed by atoms with van der Waals surface area (Å²) in [7, 11) is 0. The Labute approximate surface area is 117 Å². The van der Waals surface area contributed by atoms with Crippen molar-refractivity contribution in [1.82, 2.24) is 5.32 Å². The zero-order valence-corrected chi connectivity index (χ0v) is 11.7. The van der Waals surface area contributed by atoms with Crippen LogP contribution >= 0.6 is 0 Å². The van der Waals surface area contributed by atoms with Crippen molar-refractivity contribution in [2.75, 3.05) is 11.9 Å². The van der Waals surface area contributed by atoms with E-state index in [4.69, 9.17) is 0 Å². The molecule has 0 atom stereocenters. The molecule has 0 heterocycles. The first-order chi connectivity index (χ1) is 9.49. The van der Waals surface area contributed by atoms with Crippen LogP contribution in [0.2, 0.25) is 0 Å². The van der Waals surface area contributed by atoms with Crippen LogP contribution in [0.3, 0.4) is 0 Å². The predicted octanol–water partition coefficient (Wildman–Crippen LogP) is 3.00. The highest BCUT2D eigenvalue weighted by molar-refractivity contribution is 5.92. The normalized spacial score (nSPS) is 10.9. The maximum absolute atomic E-state index is 12.2. The molecule has 0 aliphatic carbocycles. The summed E-state index contributed by atoms with van der Waals surface area (Å²) in [6, 6.07) is 6.51. The highest BCUT2D eigenvalue weighted by atomic mass is 19.3. The Morgan fingerprint density at radius 2 is 2.00 bits per heavy atom. The number of alkyl halides is 2. The first-order valence-electron chi connectivity index (χ1n) is 6.56. The van der Waals surface area contributed by atoms with E-state index in [9.17, 15) is 13.6 Å². The van der Waals surface area contributed by atoms with Crippen LogP contribution in [0.5, 0.6) is 5.75 Å². The molecule has 6 heteroatoms. The number of amides is 1. The number of para-hydroxylation sites is 2. The number of benzene rings is 1. The Hall–Kier alpha value is -1.69. The van der Waals surface area contributed by atoms with Gasteiger partial charge in [0.05, 0.1) is 5.69 Å². The van der Waals surface area contributed by atoms with Crippen LogP contribution in [0.1, 0.15) is 26.7 Å². The van der Waals surface area contributed by atoms with Gasteiger partial charge < -0.3 is 15.4 Å². The van der Waals surface area contributed by atoms with E-state index in [-0.39, 0.29) is 17.3 Å². The van der Waals surface area contributed by atoms with Gasteiger partial charge in [-0.25, -0.2) is 0 Å². The standard InChI is InChI=1S/C14H20F2N2O2/c1-10(2)17-9-5-8-13(19)18-11-6-3-4-7-12(11)20-14(15)16/h3-4,6-7,10,14,17H,5,8-9H2,1-2H3,(H,18,19). The molecule has 2 N–H and O–H groups in total. The van der Waals surface area contributed by atoms with Gasteiger partial charge in [0.2, 0.25) is 5.91 Å². The Balaban J connectivity index is 2.45. The Kier molecular flexibility index (Phi) is 6.93. The van der Waals surface area contributed by atoms with E-state index in [1.54, 1.807) is 12.1 Å². The van der Waals surface area contributed by atoms with Crippen LogP contribution in [0.4, 0.5) is 14.5 Å². The third-order valence-electron chi connectivity index (χ3n) is 2.51. The van der Waals surface area contributed by atoms with E-state index in [1.165, 1.54) is 12.1 Å². The summed E-state index contributed by atoms with van der Waals surface area (Å²) in [5.41, 5.74) is 0.259. The quantitative estimate of drug-likeness (QED) is 0.722. The fraction of sp³-hybridized carbons (Fsp3) is 0.500. The maximum atomic E-state index is 12.2. The molecule has 20 heavy (non-hydrogen) atoms. The van der Waals surface area contributed by atoms with Gasteiger partial charge in [0.15, 0.2) is 0 Å². The van der Waals surface area contributed by atoms with Gasteiger partial charge in [-0.15, -0.1) is 0 Å². The van der Waals surface area contributed by atoms with E-state index in [0.717, 1.165) is 6.54 Å². The molecule has 0 aliphatic heterocycles. The number of halogens is 2. The summed E-state index contributed by atoms with van der Waals surface area (Å²) in [5, 5.41) is 5.78. The molecule has 0 bridgehead atoms. The van der Waals surface area contributed by atoms with E-state index in [2.05, 4.69) is 15.4 Å². The van der Waals surface area contributed by atoms with Crippen molar-refractivity contribution in [3.05, 3.63) is 24.3 Å². The second-order valence-corrected chi connectivity index (χ2v) is 4.64. The molecule has 112 valence electrons. The van der Waals surface area contributed by atoms with Crippen molar-refractivity contribution in [1.29, 1.82) is 0 Å². The highest BCUT2D eigenvalue weighted by Crippen LogP contribution is 2.25. The summed E-state index contributed by atoms with van der Waals surface area (Å²) in [5.74, 6) is -0.253. The number of rotatable bonds is 8. The van der Waals surface area contributed by atoms with E-state index in [0.29, 0.717) is 18.9 Å². The van der Waals surface area contributed by atoms with E-state index < -0.39 is 6.61 Å². The third kappa shape index (κ3) is 6.47. The maximum Gasteiger partial charge on any atom is 0.387 e. The van der Waals surface area contributed by atoms with Crippen LogP contribution in [-0.2, 0) is 4.79 Å². The summed E-state index contributed by atoms with van der Waals surface area (Å²) in [6.07, 6.45) is 1.00. The number of carbonyl (C=O) groups is 1. The second kappa shape index (κ2) is 8.47. The van der Waals surface area contributed by atoms with Crippen LogP contribution in [0.15, 0.2) is 24.3 Å².